The van der Waals surface area contributed by atoms with Crippen molar-refractivity contribution in [1.29, 1.82) is 5.26 Å². The van der Waals surface area contributed by atoms with Crippen LogP contribution < -0.4 is 14.5 Å². The van der Waals surface area contributed by atoms with Crippen LogP contribution in [0.2, 0.25) is 0 Å². The molecule has 0 atom stereocenters. The van der Waals surface area contributed by atoms with Gasteiger partial charge in [0, 0.05) is 37.8 Å². The lowest BCUT2D eigenvalue weighted by atomic mass is 10.1. The van der Waals surface area contributed by atoms with Crippen LogP contribution in [0.3, 0.4) is 0 Å². The number of rotatable bonds is 4. The van der Waals surface area contributed by atoms with Crippen molar-refractivity contribution in [2.45, 2.75) is 6.61 Å². The highest BCUT2D eigenvalue weighted by Crippen LogP contribution is 2.35. The number of fused-ring (bicyclic) bond motifs is 1. The van der Waals surface area contributed by atoms with Gasteiger partial charge in [-0.2, -0.15) is 14.0 Å². The van der Waals surface area contributed by atoms with Gasteiger partial charge in [0.1, 0.15) is 17.4 Å². The van der Waals surface area contributed by atoms with Crippen molar-refractivity contribution in [3.8, 4) is 11.8 Å². The minimum Gasteiger partial charge on any atom is -0.432 e. The van der Waals surface area contributed by atoms with Crippen LogP contribution in [0.15, 0.2) is 48.7 Å². The van der Waals surface area contributed by atoms with Crippen LogP contribution in [0.4, 0.5) is 24.5 Å². The Morgan fingerprint density at radius 1 is 1.00 bits per heavy atom. The molecule has 0 saturated carbocycles. The van der Waals surface area contributed by atoms with E-state index >= 15 is 0 Å². The van der Waals surface area contributed by atoms with Crippen molar-refractivity contribution in [1.82, 2.24) is 4.98 Å². The molecule has 1 aliphatic heterocycles. The number of pyridine rings is 1. The molecule has 0 amide bonds. The van der Waals surface area contributed by atoms with Crippen molar-refractivity contribution < 1.29 is 17.9 Å². The normalized spacial score (nSPS) is 14.3. The smallest absolute Gasteiger partial charge is 0.387 e. The number of halogens is 3. The van der Waals surface area contributed by atoms with Gasteiger partial charge in [0.15, 0.2) is 5.75 Å². The lowest BCUT2D eigenvalue weighted by Crippen LogP contribution is -2.47. The first-order chi connectivity index (χ1) is 14.1. The van der Waals surface area contributed by atoms with Crippen molar-refractivity contribution >= 4 is 22.3 Å². The number of ether oxygens (including phenoxy) is 1. The van der Waals surface area contributed by atoms with E-state index in [1.165, 1.54) is 18.3 Å². The monoisotopic (exact) mass is 398 g/mol. The lowest BCUT2D eigenvalue weighted by Gasteiger charge is -2.38. The molecule has 0 unspecified atom stereocenters. The molecule has 0 bridgehead atoms. The second-order valence-electron chi connectivity index (χ2n) is 6.59. The number of anilines is 2. The highest BCUT2D eigenvalue weighted by molar-refractivity contribution is 5.97. The van der Waals surface area contributed by atoms with Crippen molar-refractivity contribution in [3.05, 3.63) is 60.0 Å². The van der Waals surface area contributed by atoms with E-state index in [1.807, 2.05) is 9.80 Å². The molecule has 0 radical (unpaired) electrons. The third-order valence-electron chi connectivity index (χ3n) is 4.96. The van der Waals surface area contributed by atoms with Gasteiger partial charge in [0.25, 0.3) is 0 Å². The molecular weight excluding hydrogens is 381 g/mol. The summed E-state index contributed by atoms with van der Waals surface area (Å²) in [6.45, 7) is -0.763. The summed E-state index contributed by atoms with van der Waals surface area (Å²) < 4.78 is 44.1. The largest absolute Gasteiger partial charge is 0.432 e. The fraction of sp³-hybridized carbons (Fsp3) is 0.238. The molecule has 2 heterocycles. The summed E-state index contributed by atoms with van der Waals surface area (Å²) in [5.74, 6) is -0.310. The fourth-order valence-electron chi connectivity index (χ4n) is 3.67. The highest BCUT2D eigenvalue weighted by Gasteiger charge is 2.24. The van der Waals surface area contributed by atoms with Gasteiger partial charge in [-0.3, -0.25) is 4.98 Å². The Morgan fingerprint density at radius 3 is 2.41 bits per heavy atom. The van der Waals surface area contributed by atoms with E-state index in [4.69, 9.17) is 0 Å². The lowest BCUT2D eigenvalue weighted by molar-refractivity contribution is -0.0489. The Bertz CT molecular complexity index is 1080. The number of piperazine rings is 1. The number of nitriles is 1. The predicted molar refractivity (Wildman–Crippen MR) is 104 cm³/mol. The van der Waals surface area contributed by atoms with E-state index in [0.29, 0.717) is 48.5 Å². The third-order valence-corrected chi connectivity index (χ3v) is 4.96. The van der Waals surface area contributed by atoms with Gasteiger partial charge in [-0.15, -0.1) is 0 Å². The van der Waals surface area contributed by atoms with Gasteiger partial charge in [-0.05, 0) is 18.2 Å². The third kappa shape index (κ3) is 3.63. The van der Waals surface area contributed by atoms with Gasteiger partial charge < -0.3 is 14.5 Å². The number of para-hydroxylation sites is 2. The predicted octanol–water partition coefficient (Wildman–Crippen LogP) is 4.17. The summed E-state index contributed by atoms with van der Waals surface area (Å²) in [5, 5.41) is 10.1. The van der Waals surface area contributed by atoms with Crippen LogP contribution in [0.1, 0.15) is 5.56 Å². The number of nitrogens with zero attached hydrogens (tertiary/aromatic N) is 4. The first kappa shape index (κ1) is 18.9. The van der Waals surface area contributed by atoms with Crippen LogP contribution in [-0.2, 0) is 0 Å². The molecule has 2 aromatic carbocycles. The van der Waals surface area contributed by atoms with E-state index in [9.17, 15) is 18.4 Å². The minimum absolute atomic E-state index is 0.0340. The maximum Gasteiger partial charge on any atom is 0.387 e. The molecule has 5 nitrogen and oxygen atoms in total. The summed E-state index contributed by atoms with van der Waals surface area (Å²) in [5.41, 5.74) is 1.80. The second kappa shape index (κ2) is 7.87. The number of alkyl halides is 2. The summed E-state index contributed by atoms with van der Waals surface area (Å²) in [6.07, 6.45) is 1.37. The zero-order chi connectivity index (χ0) is 20.4. The molecule has 1 saturated heterocycles. The van der Waals surface area contributed by atoms with Crippen LogP contribution >= 0.6 is 0 Å². The van der Waals surface area contributed by atoms with E-state index in [1.54, 1.807) is 30.3 Å². The molecular formula is C21H17F3N4O. The van der Waals surface area contributed by atoms with Crippen LogP contribution in [0, 0.1) is 17.1 Å². The van der Waals surface area contributed by atoms with Crippen molar-refractivity contribution in [2.24, 2.45) is 0 Å². The molecule has 0 N–H and O–H groups in total. The summed E-state index contributed by atoms with van der Waals surface area (Å²) in [4.78, 5) is 8.12. The second-order valence-corrected chi connectivity index (χ2v) is 6.59. The molecule has 1 aromatic heterocycles. The fourth-order valence-corrected chi connectivity index (χ4v) is 3.67. The van der Waals surface area contributed by atoms with E-state index in [0.717, 1.165) is 0 Å². The molecule has 29 heavy (non-hydrogen) atoms. The molecule has 8 heteroatoms. The molecule has 4 rings (SSSR count). The number of hydrogen-bond donors (Lipinski definition) is 0. The summed E-state index contributed by atoms with van der Waals surface area (Å²) in [7, 11) is 0. The SMILES string of the molecule is N#Cc1cnc2c(OC(F)F)cccc2c1N1CCN(c2ccccc2F)CC1. The van der Waals surface area contributed by atoms with Crippen LogP contribution in [-0.4, -0.2) is 37.8 Å². The topological polar surface area (TPSA) is 52.4 Å². The zero-order valence-electron chi connectivity index (χ0n) is 15.4. The van der Waals surface area contributed by atoms with Gasteiger partial charge in [0.2, 0.25) is 0 Å². The number of benzene rings is 2. The number of aromatic nitrogens is 1. The Morgan fingerprint density at radius 2 is 1.72 bits per heavy atom. The summed E-state index contributed by atoms with van der Waals surface area (Å²) in [6, 6.07) is 13.5. The minimum atomic E-state index is -2.97. The van der Waals surface area contributed by atoms with E-state index < -0.39 is 6.61 Å². The first-order valence-corrected chi connectivity index (χ1v) is 9.09. The molecule has 1 aliphatic rings. The first-order valence-electron chi connectivity index (χ1n) is 9.09. The Hall–Kier alpha value is -3.47. The number of hydrogen-bond acceptors (Lipinski definition) is 5. The average molecular weight is 398 g/mol. The van der Waals surface area contributed by atoms with Crippen LogP contribution in [0.25, 0.3) is 10.9 Å². The van der Waals surface area contributed by atoms with Crippen LogP contribution in [0.5, 0.6) is 5.75 Å². The van der Waals surface area contributed by atoms with Crippen molar-refractivity contribution in [3.63, 3.8) is 0 Å². The molecule has 148 valence electrons. The van der Waals surface area contributed by atoms with E-state index in [2.05, 4.69) is 15.8 Å². The molecule has 0 aliphatic carbocycles. The van der Waals surface area contributed by atoms with Crippen molar-refractivity contribution in [2.75, 3.05) is 36.0 Å². The van der Waals surface area contributed by atoms with Gasteiger partial charge in [0.05, 0.1) is 16.9 Å². The quantitative estimate of drug-likeness (QED) is 0.660. The highest BCUT2D eigenvalue weighted by atomic mass is 19.3. The average Bonchev–Trinajstić information content (AvgIpc) is 2.73. The van der Waals surface area contributed by atoms with Gasteiger partial charge >= 0.3 is 6.61 Å². The van der Waals surface area contributed by atoms with Gasteiger partial charge in [-0.25, -0.2) is 4.39 Å². The maximum atomic E-state index is 14.1. The van der Waals surface area contributed by atoms with Gasteiger partial charge in [-0.1, -0.05) is 24.3 Å². The standard InChI is InChI=1S/C21H17F3N4O/c22-16-5-1-2-6-17(16)27-8-10-28(11-9-27)20-14(12-25)13-26-19-15(20)4-3-7-18(19)29-21(23)24/h1-7,13,21H,8-11H2. The summed E-state index contributed by atoms with van der Waals surface area (Å²) >= 11 is 0. The Labute approximate surface area is 165 Å². The Kier molecular flexibility index (Phi) is 5.12. The van der Waals surface area contributed by atoms with E-state index in [-0.39, 0.29) is 17.1 Å². The molecule has 1 fully saturated rings. The Balaban J connectivity index is 1.67. The zero-order valence-corrected chi connectivity index (χ0v) is 15.4. The molecule has 3 aromatic rings. The molecule has 0 spiro atoms. The maximum absolute atomic E-state index is 14.1.